The molecule has 0 radical (unpaired) electrons. The summed E-state index contributed by atoms with van der Waals surface area (Å²) in [7, 11) is -1.72. The summed E-state index contributed by atoms with van der Waals surface area (Å²) in [6, 6.07) is 0. The summed E-state index contributed by atoms with van der Waals surface area (Å²) in [5.74, 6) is 6.19. The summed E-state index contributed by atoms with van der Waals surface area (Å²) in [6.45, 7) is 11.9. The van der Waals surface area contributed by atoms with Gasteiger partial charge in [0.15, 0.2) is 8.32 Å². The molecule has 0 amide bonds. The summed E-state index contributed by atoms with van der Waals surface area (Å²) in [4.78, 5) is 0. The molecule has 0 bridgehead atoms. The van der Waals surface area contributed by atoms with E-state index in [1.807, 2.05) is 0 Å². The molecular weight excluding hydrogens is 362 g/mol. The van der Waals surface area contributed by atoms with Crippen molar-refractivity contribution >= 4 is 14.0 Å². The second-order valence-electron chi connectivity index (χ2n) is 11.7. The molecule has 0 heterocycles. The Labute approximate surface area is 172 Å². The van der Waals surface area contributed by atoms with Gasteiger partial charge in [0.1, 0.15) is 5.60 Å². The molecule has 1 N–H and O–H groups in total. The molecule has 0 aromatic rings. The van der Waals surface area contributed by atoms with Crippen LogP contribution >= 0.6 is 0 Å². The van der Waals surface area contributed by atoms with E-state index >= 15 is 0 Å². The third-order valence-corrected chi connectivity index (χ3v) is 10.4. The average molecular weight is 402 g/mol. The molecule has 4 rings (SSSR count). The molecule has 0 saturated heterocycles. The first-order valence-corrected chi connectivity index (χ1v) is 14.9. The van der Waals surface area contributed by atoms with Gasteiger partial charge in [-0.15, -0.1) is 6.42 Å². The molecule has 4 heteroatoms. The Morgan fingerprint density at radius 3 is 2.43 bits per heavy atom. The van der Waals surface area contributed by atoms with Gasteiger partial charge in [0.2, 0.25) is 0 Å². The molecule has 28 heavy (non-hydrogen) atoms. The van der Waals surface area contributed by atoms with Gasteiger partial charge in [0.05, 0.1) is 5.71 Å². The van der Waals surface area contributed by atoms with Gasteiger partial charge in [-0.1, -0.05) is 24.9 Å². The molecular formula is C24H39NO2Si. The first-order chi connectivity index (χ1) is 13.1. The van der Waals surface area contributed by atoms with Gasteiger partial charge in [0.25, 0.3) is 0 Å². The predicted octanol–water partition coefficient (Wildman–Crippen LogP) is 6.08. The fourth-order valence-electron chi connectivity index (χ4n) is 8.11. The van der Waals surface area contributed by atoms with E-state index in [9.17, 15) is 5.21 Å². The highest BCUT2D eigenvalue weighted by Gasteiger charge is 2.65. The van der Waals surface area contributed by atoms with Gasteiger partial charge >= 0.3 is 0 Å². The number of hydrogen-bond donors (Lipinski definition) is 1. The second-order valence-corrected chi connectivity index (χ2v) is 16.1. The lowest BCUT2D eigenvalue weighted by atomic mass is 9.44. The van der Waals surface area contributed by atoms with Crippen LogP contribution in [0.15, 0.2) is 5.16 Å². The van der Waals surface area contributed by atoms with E-state index in [4.69, 9.17) is 10.8 Å². The number of rotatable bonds is 2. The topological polar surface area (TPSA) is 41.8 Å². The van der Waals surface area contributed by atoms with E-state index in [2.05, 4.69) is 44.6 Å². The summed E-state index contributed by atoms with van der Waals surface area (Å²) < 4.78 is 6.81. The monoisotopic (exact) mass is 401 g/mol. The minimum Gasteiger partial charge on any atom is -0.411 e. The van der Waals surface area contributed by atoms with Crippen molar-refractivity contribution in [1.29, 1.82) is 0 Å². The Balaban J connectivity index is 1.63. The molecule has 4 aliphatic rings. The minimum absolute atomic E-state index is 0.124. The number of nitrogens with zero attached hydrogens (tertiary/aromatic N) is 1. The van der Waals surface area contributed by atoms with Gasteiger partial charge in [-0.3, -0.25) is 0 Å². The molecule has 0 spiro atoms. The van der Waals surface area contributed by atoms with Crippen LogP contribution in [0.1, 0.15) is 71.6 Å². The smallest absolute Gasteiger partial charge is 0.185 e. The van der Waals surface area contributed by atoms with Crippen molar-refractivity contribution in [3.05, 3.63) is 0 Å². The second kappa shape index (κ2) is 6.61. The standard InChI is InChI=1S/C24H39NO2Si/c1-7-24(27-28(4,5)6)15-12-21-19-9-8-17-16-18(25-26)10-13-22(17,2)20(19)11-14-23(21,24)3/h1,17,19-21,26H,8-16H2,2-6H3/b25-18+. The summed E-state index contributed by atoms with van der Waals surface area (Å²) in [6.07, 6.45) is 16.7. The van der Waals surface area contributed by atoms with Gasteiger partial charge in [0, 0.05) is 5.41 Å². The molecule has 0 aromatic carbocycles. The van der Waals surface area contributed by atoms with E-state index in [1.54, 1.807) is 0 Å². The van der Waals surface area contributed by atoms with Gasteiger partial charge in [-0.05, 0) is 107 Å². The van der Waals surface area contributed by atoms with Crippen molar-refractivity contribution < 1.29 is 9.63 Å². The van der Waals surface area contributed by atoms with Crippen molar-refractivity contribution in [2.45, 2.75) is 96.9 Å². The van der Waals surface area contributed by atoms with Gasteiger partial charge < -0.3 is 9.63 Å². The normalized spacial score (nSPS) is 49.8. The quantitative estimate of drug-likeness (QED) is 0.263. The Kier molecular flexibility index (Phi) is 4.83. The highest BCUT2D eigenvalue weighted by Crippen LogP contribution is 2.68. The third kappa shape index (κ3) is 2.83. The lowest BCUT2D eigenvalue weighted by Crippen LogP contribution is -2.58. The molecule has 4 aliphatic carbocycles. The number of fused-ring (bicyclic) bond motifs is 5. The zero-order chi connectivity index (χ0) is 20.4. The zero-order valence-corrected chi connectivity index (χ0v) is 19.6. The molecule has 3 nitrogen and oxygen atoms in total. The first-order valence-electron chi connectivity index (χ1n) is 11.5. The van der Waals surface area contributed by atoms with Gasteiger partial charge in [-0.25, -0.2) is 0 Å². The summed E-state index contributed by atoms with van der Waals surface area (Å²) in [5, 5.41) is 12.9. The van der Waals surface area contributed by atoms with Crippen molar-refractivity contribution in [3.63, 3.8) is 0 Å². The highest BCUT2D eigenvalue weighted by molar-refractivity contribution is 6.69. The SMILES string of the molecule is C#CC1(O[Si](C)(C)C)CCC2C3CCC4C/C(=N/O)CCC4(C)C3CCC21C. The molecule has 4 saturated carbocycles. The fraction of sp³-hybridized carbons (Fsp3) is 0.875. The Morgan fingerprint density at radius 1 is 1.07 bits per heavy atom. The third-order valence-electron chi connectivity index (χ3n) is 9.47. The van der Waals surface area contributed by atoms with Crippen LogP contribution in [0.5, 0.6) is 0 Å². The maximum Gasteiger partial charge on any atom is 0.185 e. The molecule has 7 atom stereocenters. The lowest BCUT2D eigenvalue weighted by molar-refractivity contribution is -0.124. The molecule has 156 valence electrons. The Morgan fingerprint density at radius 2 is 1.79 bits per heavy atom. The maximum absolute atomic E-state index is 9.29. The molecule has 7 unspecified atom stereocenters. The maximum atomic E-state index is 9.29. The first kappa shape index (κ1) is 20.5. The van der Waals surface area contributed by atoms with Crippen molar-refractivity contribution in [2.24, 2.45) is 39.7 Å². The van der Waals surface area contributed by atoms with Gasteiger partial charge in [-0.2, -0.15) is 0 Å². The van der Waals surface area contributed by atoms with E-state index in [0.29, 0.717) is 17.3 Å². The lowest BCUT2D eigenvalue weighted by Gasteiger charge is -2.61. The van der Waals surface area contributed by atoms with Crippen molar-refractivity contribution in [1.82, 2.24) is 0 Å². The zero-order valence-electron chi connectivity index (χ0n) is 18.6. The van der Waals surface area contributed by atoms with Crippen LogP contribution in [-0.2, 0) is 4.43 Å². The van der Waals surface area contributed by atoms with Crippen molar-refractivity contribution in [3.8, 4) is 12.3 Å². The Bertz CT molecular complexity index is 706. The van der Waals surface area contributed by atoms with Crippen LogP contribution in [-0.4, -0.2) is 24.8 Å². The van der Waals surface area contributed by atoms with Crippen LogP contribution in [0.4, 0.5) is 0 Å². The van der Waals surface area contributed by atoms with E-state index < -0.39 is 8.32 Å². The Hall–Kier alpha value is -0.793. The van der Waals surface area contributed by atoms with Crippen LogP contribution in [0, 0.1) is 46.8 Å². The highest BCUT2D eigenvalue weighted by atomic mass is 28.4. The van der Waals surface area contributed by atoms with E-state index in [0.717, 1.165) is 36.8 Å². The van der Waals surface area contributed by atoms with E-state index in [-0.39, 0.29) is 11.0 Å². The summed E-state index contributed by atoms with van der Waals surface area (Å²) in [5.41, 5.74) is 1.20. The van der Waals surface area contributed by atoms with Crippen LogP contribution in [0.25, 0.3) is 0 Å². The molecule has 4 fully saturated rings. The molecule has 0 aliphatic heterocycles. The number of terminal acetylenes is 1. The fourth-order valence-corrected chi connectivity index (χ4v) is 9.55. The molecule has 0 aromatic heterocycles. The van der Waals surface area contributed by atoms with Crippen molar-refractivity contribution in [2.75, 3.05) is 0 Å². The number of hydrogen-bond acceptors (Lipinski definition) is 3. The minimum atomic E-state index is -1.72. The number of oxime groups is 1. The van der Waals surface area contributed by atoms with Crippen LogP contribution in [0.3, 0.4) is 0 Å². The van der Waals surface area contributed by atoms with Crippen LogP contribution < -0.4 is 0 Å². The predicted molar refractivity (Wildman–Crippen MR) is 117 cm³/mol. The van der Waals surface area contributed by atoms with Crippen LogP contribution in [0.2, 0.25) is 19.6 Å². The summed E-state index contributed by atoms with van der Waals surface area (Å²) >= 11 is 0. The largest absolute Gasteiger partial charge is 0.411 e. The van der Waals surface area contributed by atoms with E-state index in [1.165, 1.54) is 38.5 Å². The average Bonchev–Trinajstić information content (AvgIpc) is 2.92.